The van der Waals surface area contributed by atoms with Crippen LogP contribution in [0.5, 0.6) is 0 Å². The fraction of sp³-hybridized carbons (Fsp3) is 0.0476. The van der Waals surface area contributed by atoms with Crippen molar-refractivity contribution in [3.05, 3.63) is 89.5 Å². The molecule has 3 nitrogen and oxygen atoms in total. The lowest BCUT2D eigenvalue weighted by atomic mass is 9.99. The first-order chi connectivity index (χ1) is 11.8. The van der Waals surface area contributed by atoms with Gasteiger partial charge in [0.2, 0.25) is 0 Å². The minimum absolute atomic E-state index is 0.674. The van der Waals surface area contributed by atoms with Crippen LogP contribution >= 0.6 is 0 Å². The summed E-state index contributed by atoms with van der Waals surface area (Å²) in [6.07, 6.45) is 0. The summed E-state index contributed by atoms with van der Waals surface area (Å²) in [5.74, 6) is 11.7. The second-order valence-electron chi connectivity index (χ2n) is 5.40. The SMILES string of the molecule is Cc1ccc(N=NN)c(C#Cc2ccccc2-c2ccccc2)c1. The molecule has 0 heterocycles. The summed E-state index contributed by atoms with van der Waals surface area (Å²) in [5, 5.41) is 7.31. The van der Waals surface area contributed by atoms with Gasteiger partial charge in [0, 0.05) is 5.56 Å². The Hall–Kier alpha value is -3.38. The van der Waals surface area contributed by atoms with E-state index in [1.54, 1.807) is 0 Å². The van der Waals surface area contributed by atoms with Crippen molar-refractivity contribution in [1.82, 2.24) is 0 Å². The third-order valence-corrected chi connectivity index (χ3v) is 3.66. The minimum atomic E-state index is 0.674. The molecular weight excluding hydrogens is 294 g/mol. The minimum Gasteiger partial charge on any atom is -0.305 e. The summed E-state index contributed by atoms with van der Waals surface area (Å²) in [6, 6.07) is 24.2. The number of nitrogens with two attached hydrogens (primary N) is 1. The lowest BCUT2D eigenvalue weighted by Crippen LogP contribution is -1.85. The zero-order valence-corrected chi connectivity index (χ0v) is 13.4. The van der Waals surface area contributed by atoms with Crippen LogP contribution in [0.2, 0.25) is 0 Å². The summed E-state index contributed by atoms with van der Waals surface area (Å²) in [5.41, 5.74) is 5.83. The van der Waals surface area contributed by atoms with Gasteiger partial charge in [-0.15, -0.1) is 5.11 Å². The fourth-order valence-electron chi connectivity index (χ4n) is 2.50. The van der Waals surface area contributed by atoms with Gasteiger partial charge in [-0.3, -0.25) is 0 Å². The van der Waals surface area contributed by atoms with Crippen molar-refractivity contribution in [2.45, 2.75) is 6.92 Å². The molecule has 0 fully saturated rings. The molecule has 3 aromatic carbocycles. The molecule has 0 spiro atoms. The number of aryl methyl sites for hydroxylation is 1. The molecule has 0 saturated carbocycles. The van der Waals surface area contributed by atoms with Gasteiger partial charge in [-0.1, -0.05) is 71.7 Å². The lowest BCUT2D eigenvalue weighted by molar-refractivity contribution is 1.06. The van der Waals surface area contributed by atoms with Crippen molar-refractivity contribution in [2.24, 2.45) is 16.2 Å². The Morgan fingerprint density at radius 3 is 2.29 bits per heavy atom. The first-order valence-corrected chi connectivity index (χ1v) is 7.66. The average molecular weight is 311 g/mol. The highest BCUT2D eigenvalue weighted by Gasteiger charge is 2.03. The van der Waals surface area contributed by atoms with Gasteiger partial charge in [0.05, 0.1) is 5.56 Å². The van der Waals surface area contributed by atoms with Crippen LogP contribution in [0.25, 0.3) is 11.1 Å². The van der Waals surface area contributed by atoms with Crippen molar-refractivity contribution < 1.29 is 0 Å². The number of hydrogen-bond acceptors (Lipinski definition) is 2. The molecule has 116 valence electrons. The first-order valence-electron chi connectivity index (χ1n) is 7.66. The Bertz CT molecular complexity index is 932. The number of rotatable bonds is 2. The van der Waals surface area contributed by atoms with E-state index in [1.807, 2.05) is 61.5 Å². The number of hydrogen-bond donors (Lipinski definition) is 1. The second-order valence-corrected chi connectivity index (χ2v) is 5.40. The van der Waals surface area contributed by atoms with Crippen LogP contribution in [-0.2, 0) is 0 Å². The summed E-state index contributed by atoms with van der Waals surface area (Å²) in [7, 11) is 0. The molecule has 3 heteroatoms. The molecule has 0 atom stereocenters. The van der Waals surface area contributed by atoms with Crippen molar-refractivity contribution >= 4 is 5.69 Å². The first kappa shape index (κ1) is 15.5. The molecule has 0 aliphatic carbocycles. The van der Waals surface area contributed by atoms with E-state index in [0.29, 0.717) is 5.69 Å². The molecule has 0 aromatic heterocycles. The van der Waals surface area contributed by atoms with Gasteiger partial charge < -0.3 is 5.84 Å². The lowest BCUT2D eigenvalue weighted by Gasteiger charge is -2.04. The van der Waals surface area contributed by atoms with E-state index in [2.05, 4.69) is 40.4 Å². The number of nitrogens with zero attached hydrogens (tertiary/aromatic N) is 2. The largest absolute Gasteiger partial charge is 0.305 e. The van der Waals surface area contributed by atoms with Crippen LogP contribution < -0.4 is 5.84 Å². The van der Waals surface area contributed by atoms with Crippen LogP contribution in [0.15, 0.2) is 83.1 Å². The van der Waals surface area contributed by atoms with Crippen LogP contribution in [0, 0.1) is 18.8 Å². The van der Waals surface area contributed by atoms with Crippen molar-refractivity contribution in [1.29, 1.82) is 0 Å². The third-order valence-electron chi connectivity index (χ3n) is 3.66. The Morgan fingerprint density at radius 2 is 1.50 bits per heavy atom. The van der Waals surface area contributed by atoms with Crippen molar-refractivity contribution in [2.75, 3.05) is 0 Å². The summed E-state index contributed by atoms with van der Waals surface area (Å²) < 4.78 is 0. The van der Waals surface area contributed by atoms with Crippen molar-refractivity contribution in [3.63, 3.8) is 0 Å². The topological polar surface area (TPSA) is 50.7 Å². The van der Waals surface area contributed by atoms with Gasteiger partial charge in [-0.05, 0) is 41.8 Å². The maximum Gasteiger partial charge on any atom is 0.103 e. The summed E-state index contributed by atoms with van der Waals surface area (Å²) in [4.78, 5) is 0. The van der Waals surface area contributed by atoms with Crippen molar-refractivity contribution in [3.8, 4) is 23.0 Å². The van der Waals surface area contributed by atoms with Gasteiger partial charge in [-0.25, -0.2) is 0 Å². The highest BCUT2D eigenvalue weighted by atomic mass is 15.3. The Labute approximate surface area is 141 Å². The summed E-state index contributed by atoms with van der Waals surface area (Å²) >= 11 is 0. The van der Waals surface area contributed by atoms with E-state index < -0.39 is 0 Å². The van der Waals surface area contributed by atoms with Crippen LogP contribution in [0.1, 0.15) is 16.7 Å². The third kappa shape index (κ3) is 3.50. The molecule has 24 heavy (non-hydrogen) atoms. The molecule has 0 aliphatic heterocycles. The average Bonchev–Trinajstić information content (AvgIpc) is 2.63. The van der Waals surface area contributed by atoms with Gasteiger partial charge >= 0.3 is 0 Å². The quantitative estimate of drug-likeness (QED) is 0.307. The van der Waals surface area contributed by atoms with E-state index in [-0.39, 0.29) is 0 Å². The normalized spacial score (nSPS) is 10.4. The molecule has 3 aromatic rings. The molecule has 0 radical (unpaired) electrons. The predicted molar refractivity (Wildman–Crippen MR) is 97.7 cm³/mol. The zero-order chi connectivity index (χ0) is 16.8. The Balaban J connectivity index is 2.06. The van der Waals surface area contributed by atoms with Gasteiger partial charge in [0.25, 0.3) is 0 Å². The number of benzene rings is 3. The van der Waals surface area contributed by atoms with Crippen LogP contribution in [-0.4, -0.2) is 0 Å². The van der Waals surface area contributed by atoms with E-state index in [9.17, 15) is 0 Å². The summed E-state index contributed by atoms with van der Waals surface area (Å²) in [6.45, 7) is 2.02. The Morgan fingerprint density at radius 1 is 0.792 bits per heavy atom. The molecule has 0 unspecified atom stereocenters. The highest BCUT2D eigenvalue weighted by Crippen LogP contribution is 2.24. The van der Waals surface area contributed by atoms with Gasteiger partial charge in [-0.2, -0.15) is 0 Å². The zero-order valence-electron chi connectivity index (χ0n) is 13.4. The van der Waals surface area contributed by atoms with Crippen LogP contribution in [0.3, 0.4) is 0 Å². The van der Waals surface area contributed by atoms with Crippen LogP contribution in [0.4, 0.5) is 5.69 Å². The molecule has 0 aliphatic rings. The van der Waals surface area contributed by atoms with E-state index in [1.165, 1.54) is 0 Å². The van der Waals surface area contributed by atoms with E-state index >= 15 is 0 Å². The smallest absolute Gasteiger partial charge is 0.103 e. The molecule has 0 bridgehead atoms. The maximum atomic E-state index is 5.19. The molecule has 0 saturated heterocycles. The molecular formula is C21H17N3. The molecule has 0 amide bonds. The van der Waals surface area contributed by atoms with Gasteiger partial charge in [0.1, 0.15) is 5.69 Å². The fourth-order valence-corrected chi connectivity index (χ4v) is 2.50. The monoisotopic (exact) mass is 311 g/mol. The van der Waals surface area contributed by atoms with E-state index in [4.69, 9.17) is 5.84 Å². The maximum absolute atomic E-state index is 5.19. The predicted octanol–water partition coefficient (Wildman–Crippen LogP) is 5.02. The molecule has 2 N–H and O–H groups in total. The van der Waals surface area contributed by atoms with Gasteiger partial charge in [0.15, 0.2) is 0 Å². The highest BCUT2D eigenvalue weighted by molar-refractivity contribution is 5.72. The molecule has 3 rings (SSSR count). The standard InChI is InChI=1S/C21H17N3/c1-16-11-14-21(23-24-22)19(15-16)13-12-18-9-5-6-10-20(18)17-7-3-2-4-8-17/h2-11,14-15H,1H3,(H2,22,23). The second kappa shape index (κ2) is 7.26. The van der Waals surface area contributed by atoms with E-state index in [0.717, 1.165) is 27.8 Å². The Kier molecular flexibility index (Phi) is 4.69.